The number of sulfonamides is 1. The number of carbonyl (C=O) groups is 1. The van der Waals surface area contributed by atoms with E-state index < -0.39 is 21.8 Å². The molecule has 0 bridgehead atoms. The van der Waals surface area contributed by atoms with Gasteiger partial charge >= 0.3 is 0 Å². The Morgan fingerprint density at radius 3 is 2.81 bits per heavy atom. The lowest BCUT2D eigenvalue weighted by atomic mass is 9.98. The maximum Gasteiger partial charge on any atom is 0.248 e. The number of imidazole rings is 1. The molecule has 1 aromatic carbocycles. The molecule has 1 fully saturated rings. The van der Waals surface area contributed by atoms with Crippen molar-refractivity contribution in [2.75, 3.05) is 13.1 Å². The summed E-state index contributed by atoms with van der Waals surface area (Å²) in [5, 5.41) is 6.53. The average molecular weight is 462 g/mol. The Morgan fingerprint density at radius 1 is 1.34 bits per heavy atom. The fraction of sp³-hybridized carbons (Fsp3) is 0.381. The van der Waals surface area contributed by atoms with Crippen LogP contribution in [0.5, 0.6) is 0 Å². The van der Waals surface area contributed by atoms with Crippen LogP contribution in [0.25, 0.3) is 5.69 Å². The Bertz CT molecular complexity index is 1200. The van der Waals surface area contributed by atoms with Gasteiger partial charge in [-0.25, -0.2) is 17.8 Å². The topological polar surface area (TPSA) is 110 Å². The minimum Gasteiger partial charge on any atom is -0.360 e. The Labute approximate surface area is 185 Å². The Hall–Kier alpha value is -3.05. The van der Waals surface area contributed by atoms with Crippen molar-refractivity contribution in [2.24, 2.45) is 5.92 Å². The van der Waals surface area contributed by atoms with Crippen LogP contribution in [0.1, 0.15) is 29.9 Å². The van der Waals surface area contributed by atoms with Crippen molar-refractivity contribution in [3.05, 3.63) is 59.8 Å². The second kappa shape index (κ2) is 8.83. The standard InChI is InChI=1S/C21H24FN5O4S/c1-14-20(15(2)31-25-14)32(29,30)27-8-3-4-17(12-27)21(28)24-11-16-5-6-19(18(22)10-16)26-9-7-23-13-26/h5-7,9-10,13,17H,3-4,8,11-12H2,1-2H3,(H,24,28). The molecular formula is C21H24FN5O4S. The first-order valence-corrected chi connectivity index (χ1v) is 11.7. The molecule has 11 heteroatoms. The molecule has 4 rings (SSSR count). The number of aromatic nitrogens is 3. The van der Waals surface area contributed by atoms with E-state index in [4.69, 9.17) is 4.52 Å². The summed E-state index contributed by atoms with van der Waals surface area (Å²) in [5.74, 6) is -0.948. The maximum atomic E-state index is 14.4. The molecule has 0 spiro atoms. The van der Waals surface area contributed by atoms with Crippen LogP contribution in [0.4, 0.5) is 4.39 Å². The van der Waals surface area contributed by atoms with Crippen molar-refractivity contribution in [3.63, 3.8) is 0 Å². The van der Waals surface area contributed by atoms with Gasteiger partial charge in [-0.05, 0) is 44.4 Å². The molecule has 2 aromatic heterocycles. The van der Waals surface area contributed by atoms with E-state index in [1.807, 2.05) is 0 Å². The van der Waals surface area contributed by atoms with Crippen molar-refractivity contribution in [1.82, 2.24) is 24.3 Å². The van der Waals surface area contributed by atoms with E-state index in [-0.39, 0.29) is 29.7 Å². The normalized spacial score (nSPS) is 17.4. The van der Waals surface area contributed by atoms with E-state index in [1.165, 1.54) is 16.7 Å². The van der Waals surface area contributed by atoms with E-state index in [9.17, 15) is 17.6 Å². The van der Waals surface area contributed by atoms with Gasteiger partial charge in [-0.3, -0.25) is 4.79 Å². The average Bonchev–Trinajstić information content (AvgIpc) is 3.42. The third-order valence-corrected chi connectivity index (χ3v) is 7.69. The van der Waals surface area contributed by atoms with Crippen molar-refractivity contribution >= 4 is 15.9 Å². The highest BCUT2D eigenvalue weighted by atomic mass is 32.2. The molecule has 170 valence electrons. The minimum absolute atomic E-state index is 0.0621. The summed E-state index contributed by atoms with van der Waals surface area (Å²) in [6.45, 7) is 3.68. The second-order valence-corrected chi connectivity index (χ2v) is 9.70. The first-order chi connectivity index (χ1) is 15.3. The lowest BCUT2D eigenvalue weighted by molar-refractivity contribution is -0.126. The summed E-state index contributed by atoms with van der Waals surface area (Å²) in [5.41, 5.74) is 1.27. The van der Waals surface area contributed by atoms with Crippen LogP contribution in [0, 0.1) is 25.6 Å². The Kier molecular flexibility index (Phi) is 6.11. The van der Waals surface area contributed by atoms with Crippen molar-refractivity contribution in [2.45, 2.75) is 38.1 Å². The molecule has 0 saturated carbocycles. The quantitative estimate of drug-likeness (QED) is 0.603. The van der Waals surface area contributed by atoms with Gasteiger partial charge in [-0.15, -0.1) is 0 Å². The van der Waals surface area contributed by atoms with Crippen LogP contribution in [0.15, 0.2) is 46.3 Å². The molecule has 32 heavy (non-hydrogen) atoms. The molecule has 1 N–H and O–H groups in total. The number of nitrogens with one attached hydrogen (secondary N) is 1. The van der Waals surface area contributed by atoms with E-state index in [2.05, 4.69) is 15.5 Å². The van der Waals surface area contributed by atoms with Gasteiger partial charge in [0.2, 0.25) is 15.9 Å². The molecule has 1 aliphatic heterocycles. The predicted octanol–water partition coefficient (Wildman–Crippen LogP) is 2.33. The lowest BCUT2D eigenvalue weighted by Crippen LogP contribution is -2.45. The second-order valence-electron chi connectivity index (χ2n) is 7.83. The van der Waals surface area contributed by atoms with Crippen LogP contribution in [-0.4, -0.2) is 46.4 Å². The number of hydrogen-bond donors (Lipinski definition) is 1. The van der Waals surface area contributed by atoms with Crippen LogP contribution in [-0.2, 0) is 21.4 Å². The molecule has 0 radical (unpaired) electrons. The number of benzene rings is 1. The number of nitrogens with zero attached hydrogens (tertiary/aromatic N) is 4. The van der Waals surface area contributed by atoms with Crippen molar-refractivity contribution in [3.8, 4) is 5.69 Å². The molecule has 9 nitrogen and oxygen atoms in total. The fourth-order valence-corrected chi connectivity index (χ4v) is 5.77. The largest absolute Gasteiger partial charge is 0.360 e. The summed E-state index contributed by atoms with van der Waals surface area (Å²) in [7, 11) is -3.81. The van der Waals surface area contributed by atoms with Crippen LogP contribution >= 0.6 is 0 Å². The highest BCUT2D eigenvalue weighted by Gasteiger charge is 2.36. The molecule has 3 aromatic rings. The van der Waals surface area contributed by atoms with E-state index in [0.717, 1.165) is 0 Å². The monoisotopic (exact) mass is 461 g/mol. The van der Waals surface area contributed by atoms with Crippen LogP contribution in [0.2, 0.25) is 0 Å². The van der Waals surface area contributed by atoms with E-state index in [1.54, 1.807) is 42.9 Å². The van der Waals surface area contributed by atoms with Crippen molar-refractivity contribution in [1.29, 1.82) is 0 Å². The molecule has 3 heterocycles. The lowest BCUT2D eigenvalue weighted by Gasteiger charge is -2.31. The summed E-state index contributed by atoms with van der Waals surface area (Å²) in [6, 6.07) is 4.72. The zero-order chi connectivity index (χ0) is 22.9. The molecular weight excluding hydrogens is 437 g/mol. The van der Waals surface area contributed by atoms with E-state index >= 15 is 0 Å². The number of amides is 1. The molecule has 0 aliphatic carbocycles. The number of rotatable bonds is 6. The van der Waals surface area contributed by atoms with Gasteiger partial charge in [0, 0.05) is 32.0 Å². The first kappa shape index (κ1) is 22.2. The molecule has 1 atom stereocenters. The van der Waals surface area contributed by atoms with Gasteiger partial charge in [0.25, 0.3) is 0 Å². The molecule has 1 aliphatic rings. The number of halogens is 1. The van der Waals surface area contributed by atoms with Gasteiger partial charge in [0.15, 0.2) is 5.76 Å². The first-order valence-electron chi connectivity index (χ1n) is 10.2. The van der Waals surface area contributed by atoms with Crippen molar-refractivity contribution < 1.29 is 22.1 Å². The zero-order valence-electron chi connectivity index (χ0n) is 17.8. The van der Waals surface area contributed by atoms with Crippen LogP contribution < -0.4 is 5.32 Å². The number of hydrogen-bond acceptors (Lipinski definition) is 6. The highest BCUT2D eigenvalue weighted by Crippen LogP contribution is 2.28. The highest BCUT2D eigenvalue weighted by molar-refractivity contribution is 7.89. The zero-order valence-corrected chi connectivity index (χ0v) is 18.6. The third kappa shape index (κ3) is 4.30. The molecule has 1 unspecified atom stereocenters. The summed E-state index contributed by atoms with van der Waals surface area (Å²) in [6.07, 6.45) is 5.85. The maximum absolute atomic E-state index is 14.4. The number of aryl methyl sites for hydroxylation is 2. The molecule has 1 saturated heterocycles. The summed E-state index contributed by atoms with van der Waals surface area (Å²) < 4.78 is 48.4. The van der Waals surface area contributed by atoms with Gasteiger partial charge in [-0.1, -0.05) is 11.2 Å². The fourth-order valence-electron chi connectivity index (χ4n) is 3.95. The summed E-state index contributed by atoms with van der Waals surface area (Å²) >= 11 is 0. The predicted molar refractivity (Wildman–Crippen MR) is 113 cm³/mol. The Morgan fingerprint density at radius 2 is 2.16 bits per heavy atom. The van der Waals surface area contributed by atoms with E-state index in [0.29, 0.717) is 36.3 Å². The number of piperidine rings is 1. The van der Waals surface area contributed by atoms with Gasteiger partial charge in [-0.2, -0.15) is 4.31 Å². The van der Waals surface area contributed by atoms with Gasteiger partial charge in [0.05, 0.1) is 17.9 Å². The van der Waals surface area contributed by atoms with Gasteiger partial charge < -0.3 is 14.4 Å². The third-order valence-electron chi connectivity index (χ3n) is 5.58. The van der Waals surface area contributed by atoms with Crippen LogP contribution in [0.3, 0.4) is 0 Å². The summed E-state index contributed by atoms with van der Waals surface area (Å²) in [4.78, 5) is 16.7. The smallest absolute Gasteiger partial charge is 0.248 e. The molecule has 1 amide bonds. The SMILES string of the molecule is Cc1noc(C)c1S(=O)(=O)N1CCCC(C(=O)NCc2ccc(-n3ccnc3)c(F)c2)C1. The Balaban J connectivity index is 1.40. The van der Waals surface area contributed by atoms with Gasteiger partial charge in [0.1, 0.15) is 16.4 Å². The minimum atomic E-state index is -3.81. The number of carbonyl (C=O) groups excluding carboxylic acids is 1.